The van der Waals surface area contributed by atoms with Gasteiger partial charge < -0.3 is 11.1 Å². The molecule has 0 aliphatic heterocycles. The largest absolute Gasteiger partial charge is 0.399 e. The van der Waals surface area contributed by atoms with Crippen molar-refractivity contribution in [3.63, 3.8) is 0 Å². The van der Waals surface area contributed by atoms with Crippen LogP contribution in [0.2, 0.25) is 0 Å². The highest BCUT2D eigenvalue weighted by Gasteiger charge is 2.05. The molecule has 1 aromatic heterocycles. The lowest BCUT2D eigenvalue weighted by atomic mass is 10.1. The zero-order valence-corrected chi connectivity index (χ0v) is 12.8. The first-order valence-electron chi connectivity index (χ1n) is 6.20. The van der Waals surface area contributed by atoms with Gasteiger partial charge in [0.1, 0.15) is 6.33 Å². The molecule has 0 unspecified atom stereocenters. The van der Waals surface area contributed by atoms with E-state index in [1.54, 1.807) is 24.2 Å². The van der Waals surface area contributed by atoms with Gasteiger partial charge in [0, 0.05) is 23.5 Å². The Morgan fingerprint density at radius 3 is 3.05 bits per heavy atom. The number of hydrogen-bond donors (Lipinski definition) is 2. The number of carbonyl (C=O) groups is 1. The van der Waals surface area contributed by atoms with Crippen LogP contribution in [0.15, 0.2) is 28.9 Å². The molecule has 2 aromatic rings. The van der Waals surface area contributed by atoms with Crippen LogP contribution in [0.25, 0.3) is 0 Å². The number of hydrogen-bond acceptors (Lipinski definition) is 6. The van der Waals surface area contributed by atoms with Gasteiger partial charge in [0.2, 0.25) is 5.91 Å². The number of amides is 1. The molecule has 0 bridgehead atoms. The van der Waals surface area contributed by atoms with Crippen molar-refractivity contribution >= 4 is 40.6 Å². The fraction of sp³-hybridized carbons (Fsp3) is 0.308. The summed E-state index contributed by atoms with van der Waals surface area (Å²) in [5.41, 5.74) is 8.17. The van der Waals surface area contributed by atoms with Crippen LogP contribution in [0.4, 0.5) is 11.4 Å². The molecule has 0 radical (unpaired) electrons. The minimum absolute atomic E-state index is 0.0238. The molecule has 7 heteroatoms. The maximum Gasteiger partial charge on any atom is 0.224 e. The van der Waals surface area contributed by atoms with Crippen molar-refractivity contribution < 1.29 is 4.79 Å². The van der Waals surface area contributed by atoms with E-state index in [-0.39, 0.29) is 5.91 Å². The zero-order valence-electron chi connectivity index (χ0n) is 11.1. The standard InChI is InChI=1S/C13H16N4OS2/c1-9-7-10(14)4-5-11(9)17-12(18)3-2-6-19-13-15-8-16-20-13/h4-5,7-8H,2-3,6,14H2,1H3,(H,17,18). The number of benzene rings is 1. The lowest BCUT2D eigenvalue weighted by Gasteiger charge is -2.08. The minimum atomic E-state index is 0.0238. The summed E-state index contributed by atoms with van der Waals surface area (Å²) in [5.74, 6) is 0.888. The Kier molecular flexibility index (Phi) is 5.37. The molecule has 3 N–H and O–H groups in total. The van der Waals surface area contributed by atoms with Gasteiger partial charge in [-0.3, -0.25) is 4.79 Å². The van der Waals surface area contributed by atoms with Gasteiger partial charge in [0.05, 0.1) is 0 Å². The molecule has 0 fully saturated rings. The first kappa shape index (κ1) is 14.8. The molecule has 1 heterocycles. The number of nitrogens with zero attached hydrogens (tertiary/aromatic N) is 2. The highest BCUT2D eigenvalue weighted by molar-refractivity contribution is 8.00. The van der Waals surface area contributed by atoms with E-state index in [1.807, 2.05) is 19.1 Å². The topological polar surface area (TPSA) is 80.9 Å². The number of nitrogens with one attached hydrogen (secondary N) is 1. The Labute approximate surface area is 126 Å². The lowest BCUT2D eigenvalue weighted by molar-refractivity contribution is -0.116. The lowest BCUT2D eigenvalue weighted by Crippen LogP contribution is -2.12. The summed E-state index contributed by atoms with van der Waals surface area (Å²) >= 11 is 3.01. The molecule has 0 saturated carbocycles. The number of aryl methyl sites for hydroxylation is 1. The van der Waals surface area contributed by atoms with Gasteiger partial charge in [0.25, 0.3) is 0 Å². The number of nitrogen functional groups attached to an aromatic ring is 1. The third kappa shape index (κ3) is 4.50. The van der Waals surface area contributed by atoms with E-state index < -0.39 is 0 Å². The molecule has 0 aliphatic carbocycles. The summed E-state index contributed by atoms with van der Waals surface area (Å²) in [7, 11) is 0. The third-order valence-electron chi connectivity index (χ3n) is 2.64. The smallest absolute Gasteiger partial charge is 0.224 e. The van der Waals surface area contributed by atoms with Gasteiger partial charge in [-0.05, 0) is 48.6 Å². The van der Waals surface area contributed by atoms with Crippen LogP contribution in [0.1, 0.15) is 18.4 Å². The maximum absolute atomic E-state index is 11.8. The van der Waals surface area contributed by atoms with Crippen LogP contribution in [-0.4, -0.2) is 21.0 Å². The van der Waals surface area contributed by atoms with E-state index in [0.717, 1.165) is 27.8 Å². The number of thioether (sulfide) groups is 1. The number of aromatic nitrogens is 2. The monoisotopic (exact) mass is 308 g/mol. The van der Waals surface area contributed by atoms with Crippen molar-refractivity contribution in [2.24, 2.45) is 0 Å². The van der Waals surface area contributed by atoms with Gasteiger partial charge in [-0.25, -0.2) is 4.98 Å². The third-order valence-corrected chi connectivity index (χ3v) is 4.52. The van der Waals surface area contributed by atoms with Crippen LogP contribution in [0.3, 0.4) is 0 Å². The van der Waals surface area contributed by atoms with Crippen molar-refractivity contribution in [2.75, 3.05) is 16.8 Å². The number of rotatable bonds is 6. The van der Waals surface area contributed by atoms with Crippen LogP contribution in [0, 0.1) is 6.92 Å². The average Bonchev–Trinajstić information content (AvgIpc) is 2.91. The Morgan fingerprint density at radius 1 is 1.50 bits per heavy atom. The first-order valence-corrected chi connectivity index (χ1v) is 7.96. The van der Waals surface area contributed by atoms with Gasteiger partial charge in [-0.1, -0.05) is 11.8 Å². The molecule has 0 atom stereocenters. The van der Waals surface area contributed by atoms with Gasteiger partial charge in [-0.15, -0.1) is 0 Å². The SMILES string of the molecule is Cc1cc(N)ccc1NC(=O)CCCSc1ncns1. The summed E-state index contributed by atoms with van der Waals surface area (Å²) in [5, 5.41) is 2.90. The van der Waals surface area contributed by atoms with E-state index in [2.05, 4.69) is 14.7 Å². The van der Waals surface area contributed by atoms with Crippen LogP contribution >= 0.6 is 23.3 Å². The van der Waals surface area contributed by atoms with E-state index in [1.165, 1.54) is 11.5 Å². The summed E-state index contributed by atoms with van der Waals surface area (Å²) in [4.78, 5) is 15.9. The molecular weight excluding hydrogens is 292 g/mol. The predicted molar refractivity (Wildman–Crippen MR) is 84.1 cm³/mol. The van der Waals surface area contributed by atoms with Crippen LogP contribution in [-0.2, 0) is 4.79 Å². The Hall–Kier alpha value is -1.60. The first-order chi connectivity index (χ1) is 9.65. The normalized spacial score (nSPS) is 10.4. The molecule has 0 saturated heterocycles. The molecule has 0 spiro atoms. The molecule has 20 heavy (non-hydrogen) atoms. The van der Waals surface area contributed by atoms with Crippen molar-refractivity contribution in [2.45, 2.75) is 24.1 Å². The van der Waals surface area contributed by atoms with Crippen molar-refractivity contribution in [3.8, 4) is 0 Å². The van der Waals surface area contributed by atoms with Crippen molar-refractivity contribution in [1.82, 2.24) is 9.36 Å². The van der Waals surface area contributed by atoms with Crippen LogP contribution < -0.4 is 11.1 Å². The fourth-order valence-corrected chi connectivity index (χ4v) is 3.11. The van der Waals surface area contributed by atoms with E-state index >= 15 is 0 Å². The summed E-state index contributed by atoms with van der Waals surface area (Å²) in [6.45, 7) is 1.93. The summed E-state index contributed by atoms with van der Waals surface area (Å²) in [6, 6.07) is 5.47. The Balaban J connectivity index is 1.72. The van der Waals surface area contributed by atoms with E-state index in [0.29, 0.717) is 12.1 Å². The predicted octanol–water partition coefficient (Wildman–Crippen LogP) is 2.94. The Morgan fingerprint density at radius 2 is 2.35 bits per heavy atom. The quantitative estimate of drug-likeness (QED) is 0.487. The van der Waals surface area contributed by atoms with Crippen molar-refractivity contribution in [1.29, 1.82) is 0 Å². The van der Waals surface area contributed by atoms with Gasteiger partial charge >= 0.3 is 0 Å². The average molecular weight is 308 g/mol. The highest BCUT2D eigenvalue weighted by atomic mass is 32.2. The minimum Gasteiger partial charge on any atom is -0.399 e. The highest BCUT2D eigenvalue weighted by Crippen LogP contribution is 2.20. The number of nitrogens with two attached hydrogens (primary N) is 1. The second-order valence-electron chi connectivity index (χ2n) is 4.28. The zero-order chi connectivity index (χ0) is 14.4. The summed E-state index contributed by atoms with van der Waals surface area (Å²) < 4.78 is 4.87. The van der Waals surface area contributed by atoms with Gasteiger partial charge in [-0.2, -0.15) is 4.37 Å². The fourth-order valence-electron chi connectivity index (χ4n) is 1.66. The maximum atomic E-state index is 11.8. The second kappa shape index (κ2) is 7.25. The van der Waals surface area contributed by atoms with Crippen molar-refractivity contribution in [3.05, 3.63) is 30.1 Å². The Bertz CT molecular complexity index is 572. The van der Waals surface area contributed by atoms with E-state index in [4.69, 9.17) is 5.73 Å². The molecule has 5 nitrogen and oxygen atoms in total. The number of carbonyl (C=O) groups excluding carboxylic acids is 1. The molecule has 0 aliphatic rings. The molecule has 2 rings (SSSR count). The molecule has 1 amide bonds. The van der Waals surface area contributed by atoms with E-state index in [9.17, 15) is 4.79 Å². The van der Waals surface area contributed by atoms with Gasteiger partial charge in [0.15, 0.2) is 4.34 Å². The molecule has 1 aromatic carbocycles. The molecular formula is C13H16N4OS2. The number of anilines is 2. The van der Waals surface area contributed by atoms with Crippen LogP contribution in [0.5, 0.6) is 0 Å². The second-order valence-corrected chi connectivity index (χ2v) is 6.40. The summed E-state index contributed by atoms with van der Waals surface area (Å²) in [6.07, 6.45) is 2.85. The molecule has 106 valence electrons.